The van der Waals surface area contributed by atoms with E-state index < -0.39 is 0 Å². The van der Waals surface area contributed by atoms with Crippen molar-refractivity contribution in [3.05, 3.63) is 36.4 Å². The standard InChI is InChI=1S/C11H11NO2/c1-9(7-12-8-13)10-5-3-4-6-11(10)14-2/h3-6H,1,7H2,2H3. The van der Waals surface area contributed by atoms with Crippen molar-refractivity contribution in [3.63, 3.8) is 0 Å². The summed E-state index contributed by atoms with van der Waals surface area (Å²) < 4.78 is 5.15. The van der Waals surface area contributed by atoms with Crippen molar-refractivity contribution in [2.45, 2.75) is 0 Å². The maximum atomic E-state index is 9.93. The zero-order valence-corrected chi connectivity index (χ0v) is 7.99. The van der Waals surface area contributed by atoms with E-state index in [1.165, 1.54) is 6.08 Å². The van der Waals surface area contributed by atoms with Gasteiger partial charge in [-0.3, -0.25) is 0 Å². The molecular formula is C11H11NO2. The van der Waals surface area contributed by atoms with Crippen LogP contribution < -0.4 is 4.74 Å². The molecule has 0 aliphatic carbocycles. The molecule has 0 amide bonds. The van der Waals surface area contributed by atoms with E-state index in [0.717, 1.165) is 16.9 Å². The van der Waals surface area contributed by atoms with Gasteiger partial charge in [-0.25, -0.2) is 9.79 Å². The maximum absolute atomic E-state index is 9.93. The van der Waals surface area contributed by atoms with E-state index in [-0.39, 0.29) is 6.54 Å². The van der Waals surface area contributed by atoms with Gasteiger partial charge in [-0.1, -0.05) is 24.8 Å². The number of nitrogens with zero attached hydrogens (tertiary/aromatic N) is 1. The average Bonchev–Trinajstić information content (AvgIpc) is 2.25. The van der Waals surface area contributed by atoms with Crippen LogP contribution in [0.2, 0.25) is 0 Å². The van der Waals surface area contributed by atoms with E-state index in [9.17, 15) is 4.79 Å². The molecule has 0 spiro atoms. The summed E-state index contributed by atoms with van der Waals surface area (Å²) in [7, 11) is 1.59. The van der Waals surface area contributed by atoms with Crippen LogP contribution in [0.3, 0.4) is 0 Å². The Balaban J connectivity index is 2.93. The van der Waals surface area contributed by atoms with Gasteiger partial charge in [0, 0.05) is 5.56 Å². The van der Waals surface area contributed by atoms with E-state index >= 15 is 0 Å². The van der Waals surface area contributed by atoms with E-state index in [1.807, 2.05) is 24.3 Å². The minimum Gasteiger partial charge on any atom is -0.496 e. The summed E-state index contributed by atoms with van der Waals surface area (Å²) in [6, 6.07) is 7.47. The molecule has 0 atom stereocenters. The second-order valence-electron chi connectivity index (χ2n) is 2.71. The van der Waals surface area contributed by atoms with Gasteiger partial charge in [0.25, 0.3) is 0 Å². The molecule has 0 radical (unpaired) electrons. The number of ether oxygens (including phenoxy) is 1. The highest BCUT2D eigenvalue weighted by molar-refractivity contribution is 5.70. The fraction of sp³-hybridized carbons (Fsp3) is 0.182. The highest BCUT2D eigenvalue weighted by Crippen LogP contribution is 2.24. The Kier molecular flexibility index (Phi) is 3.65. The highest BCUT2D eigenvalue weighted by Gasteiger charge is 2.04. The second kappa shape index (κ2) is 5.00. The highest BCUT2D eigenvalue weighted by atomic mass is 16.5. The number of hydrogen-bond donors (Lipinski definition) is 0. The van der Waals surface area contributed by atoms with E-state index in [4.69, 9.17) is 4.74 Å². The summed E-state index contributed by atoms with van der Waals surface area (Å²) in [6.45, 7) is 4.07. The molecule has 1 aromatic rings. The van der Waals surface area contributed by atoms with Crippen LogP contribution in [-0.2, 0) is 4.79 Å². The fourth-order valence-electron chi connectivity index (χ4n) is 1.15. The summed E-state index contributed by atoms with van der Waals surface area (Å²) >= 11 is 0. The molecule has 0 saturated carbocycles. The molecule has 0 heterocycles. The van der Waals surface area contributed by atoms with Crippen LogP contribution in [0.1, 0.15) is 5.56 Å². The fourth-order valence-corrected chi connectivity index (χ4v) is 1.15. The molecule has 72 valence electrons. The predicted molar refractivity (Wildman–Crippen MR) is 55.0 cm³/mol. The Morgan fingerprint density at radius 1 is 1.57 bits per heavy atom. The van der Waals surface area contributed by atoms with E-state index in [0.29, 0.717) is 0 Å². The molecular weight excluding hydrogens is 178 g/mol. The molecule has 3 nitrogen and oxygen atoms in total. The quantitative estimate of drug-likeness (QED) is 0.537. The average molecular weight is 189 g/mol. The molecule has 14 heavy (non-hydrogen) atoms. The first-order chi connectivity index (χ1) is 6.79. The van der Waals surface area contributed by atoms with Crippen LogP contribution in [0.25, 0.3) is 5.57 Å². The molecule has 0 bridgehead atoms. The number of carbonyl (C=O) groups excluding carboxylic acids is 1. The lowest BCUT2D eigenvalue weighted by atomic mass is 10.1. The summed E-state index contributed by atoms with van der Waals surface area (Å²) in [5, 5.41) is 0. The van der Waals surface area contributed by atoms with Crippen LogP contribution in [0, 0.1) is 0 Å². The molecule has 1 rings (SSSR count). The topological polar surface area (TPSA) is 38.7 Å². The Hall–Kier alpha value is -1.86. The molecule has 1 aromatic carbocycles. The van der Waals surface area contributed by atoms with Crippen molar-refractivity contribution in [2.75, 3.05) is 13.7 Å². The molecule has 0 unspecified atom stereocenters. The third-order valence-electron chi connectivity index (χ3n) is 1.82. The smallest absolute Gasteiger partial charge is 0.235 e. The van der Waals surface area contributed by atoms with Crippen molar-refractivity contribution in [1.82, 2.24) is 0 Å². The lowest BCUT2D eigenvalue weighted by Crippen LogP contribution is -1.92. The van der Waals surface area contributed by atoms with Crippen LogP contribution in [0.15, 0.2) is 35.8 Å². The van der Waals surface area contributed by atoms with Crippen molar-refractivity contribution in [1.29, 1.82) is 0 Å². The SMILES string of the molecule is C=C(CN=C=O)c1ccccc1OC. The van der Waals surface area contributed by atoms with E-state index in [1.54, 1.807) is 7.11 Å². The normalized spacial score (nSPS) is 8.93. The minimum absolute atomic E-state index is 0.254. The zero-order valence-electron chi connectivity index (χ0n) is 7.99. The van der Waals surface area contributed by atoms with Crippen molar-refractivity contribution in [3.8, 4) is 5.75 Å². The number of rotatable bonds is 4. The molecule has 0 aromatic heterocycles. The van der Waals surface area contributed by atoms with Gasteiger partial charge in [0.1, 0.15) is 5.75 Å². The molecule has 0 saturated heterocycles. The number of aliphatic imine (C=N–C) groups is 1. The van der Waals surface area contributed by atoms with Gasteiger partial charge in [0.2, 0.25) is 6.08 Å². The minimum atomic E-state index is 0.254. The van der Waals surface area contributed by atoms with Gasteiger partial charge in [-0.2, -0.15) is 0 Å². The molecule has 3 heteroatoms. The maximum Gasteiger partial charge on any atom is 0.235 e. The Morgan fingerprint density at radius 2 is 2.29 bits per heavy atom. The van der Waals surface area contributed by atoms with Gasteiger partial charge in [0.05, 0.1) is 13.7 Å². The van der Waals surface area contributed by atoms with Crippen molar-refractivity contribution < 1.29 is 9.53 Å². The Morgan fingerprint density at radius 3 is 2.93 bits per heavy atom. The third kappa shape index (κ3) is 2.31. The molecule has 0 aliphatic rings. The predicted octanol–water partition coefficient (Wildman–Crippen LogP) is 2.04. The second-order valence-corrected chi connectivity index (χ2v) is 2.71. The first kappa shape index (κ1) is 10.2. The van der Waals surface area contributed by atoms with Crippen LogP contribution in [0.4, 0.5) is 0 Å². The largest absolute Gasteiger partial charge is 0.496 e. The molecule has 0 fully saturated rings. The lowest BCUT2D eigenvalue weighted by Gasteiger charge is -2.07. The number of para-hydroxylation sites is 1. The number of hydrogen-bond acceptors (Lipinski definition) is 3. The monoisotopic (exact) mass is 189 g/mol. The number of benzene rings is 1. The van der Waals surface area contributed by atoms with Gasteiger partial charge in [-0.05, 0) is 11.6 Å². The van der Waals surface area contributed by atoms with Crippen molar-refractivity contribution in [2.24, 2.45) is 4.99 Å². The van der Waals surface area contributed by atoms with Gasteiger partial charge < -0.3 is 4.74 Å². The number of isocyanates is 1. The Labute approximate surface area is 82.7 Å². The lowest BCUT2D eigenvalue weighted by molar-refractivity contribution is 0.413. The zero-order chi connectivity index (χ0) is 10.4. The first-order valence-electron chi connectivity index (χ1n) is 4.14. The van der Waals surface area contributed by atoms with E-state index in [2.05, 4.69) is 11.6 Å². The van der Waals surface area contributed by atoms with Gasteiger partial charge in [0.15, 0.2) is 0 Å². The molecule has 0 N–H and O–H groups in total. The number of methoxy groups -OCH3 is 1. The summed E-state index contributed by atoms with van der Waals surface area (Å²) in [4.78, 5) is 13.4. The summed E-state index contributed by atoms with van der Waals surface area (Å²) in [6.07, 6.45) is 1.48. The Bertz CT molecular complexity index is 379. The van der Waals surface area contributed by atoms with Crippen molar-refractivity contribution >= 4 is 11.7 Å². The van der Waals surface area contributed by atoms with Gasteiger partial charge >= 0.3 is 0 Å². The summed E-state index contributed by atoms with van der Waals surface area (Å²) in [5.41, 5.74) is 1.61. The van der Waals surface area contributed by atoms with Crippen LogP contribution >= 0.6 is 0 Å². The summed E-state index contributed by atoms with van der Waals surface area (Å²) in [5.74, 6) is 0.735. The first-order valence-corrected chi connectivity index (χ1v) is 4.14. The molecule has 0 aliphatic heterocycles. The van der Waals surface area contributed by atoms with Crippen LogP contribution in [-0.4, -0.2) is 19.7 Å². The van der Waals surface area contributed by atoms with Gasteiger partial charge in [-0.15, -0.1) is 0 Å². The third-order valence-corrected chi connectivity index (χ3v) is 1.82. The van der Waals surface area contributed by atoms with Crippen LogP contribution in [0.5, 0.6) is 5.75 Å².